The normalized spacial score (nSPS) is 9.12. The van der Waals surface area contributed by atoms with Crippen LogP contribution in [0, 0.1) is 12.3 Å². The number of benzene rings is 1. The number of ether oxygens (including phenoxy) is 4. The standard InChI is InChI=1S/C12H14O4/c1-5-8-16-10-7-6-9(13-2)11(14-3)12(10)15-4/h1,6-7H,8H2,2-4H3. The van der Waals surface area contributed by atoms with Gasteiger partial charge >= 0.3 is 0 Å². The maximum absolute atomic E-state index is 5.32. The molecule has 0 radical (unpaired) electrons. The second-order valence-corrected chi connectivity index (χ2v) is 2.83. The molecular weight excluding hydrogens is 208 g/mol. The maximum Gasteiger partial charge on any atom is 0.207 e. The predicted molar refractivity (Wildman–Crippen MR) is 60.4 cm³/mol. The summed E-state index contributed by atoms with van der Waals surface area (Å²) < 4.78 is 20.9. The molecule has 86 valence electrons. The molecule has 0 aliphatic heterocycles. The van der Waals surface area contributed by atoms with E-state index in [1.54, 1.807) is 19.2 Å². The SMILES string of the molecule is C#CCOc1ccc(OC)c(OC)c1OC. The molecule has 0 spiro atoms. The van der Waals surface area contributed by atoms with E-state index < -0.39 is 0 Å². The van der Waals surface area contributed by atoms with Crippen molar-refractivity contribution in [3.63, 3.8) is 0 Å². The maximum atomic E-state index is 5.32. The van der Waals surface area contributed by atoms with Gasteiger partial charge in [-0.15, -0.1) is 6.42 Å². The molecule has 0 aliphatic rings. The van der Waals surface area contributed by atoms with Gasteiger partial charge in [0, 0.05) is 0 Å². The molecule has 4 nitrogen and oxygen atoms in total. The van der Waals surface area contributed by atoms with Gasteiger partial charge in [0.15, 0.2) is 11.5 Å². The van der Waals surface area contributed by atoms with Gasteiger partial charge in [-0.05, 0) is 12.1 Å². The summed E-state index contributed by atoms with van der Waals surface area (Å²) in [7, 11) is 4.62. The molecule has 0 aliphatic carbocycles. The predicted octanol–water partition coefficient (Wildman–Crippen LogP) is 1.72. The van der Waals surface area contributed by atoms with Crippen LogP contribution in [0.1, 0.15) is 0 Å². The Balaban J connectivity index is 3.16. The highest BCUT2D eigenvalue weighted by Crippen LogP contribution is 2.43. The fraction of sp³-hybridized carbons (Fsp3) is 0.333. The lowest BCUT2D eigenvalue weighted by Gasteiger charge is -2.15. The van der Waals surface area contributed by atoms with Gasteiger partial charge in [0.2, 0.25) is 11.5 Å². The fourth-order valence-corrected chi connectivity index (χ4v) is 1.31. The summed E-state index contributed by atoms with van der Waals surface area (Å²) in [6.07, 6.45) is 5.12. The summed E-state index contributed by atoms with van der Waals surface area (Å²) in [6.45, 7) is 0.172. The second-order valence-electron chi connectivity index (χ2n) is 2.83. The summed E-state index contributed by atoms with van der Waals surface area (Å²) >= 11 is 0. The molecule has 0 bridgehead atoms. The highest BCUT2D eigenvalue weighted by molar-refractivity contribution is 5.59. The summed E-state index contributed by atoms with van der Waals surface area (Å²) in [4.78, 5) is 0. The lowest BCUT2D eigenvalue weighted by molar-refractivity contribution is 0.297. The highest BCUT2D eigenvalue weighted by Gasteiger charge is 2.16. The Labute approximate surface area is 95.1 Å². The molecule has 0 saturated carbocycles. The molecule has 1 aromatic carbocycles. The third kappa shape index (κ3) is 2.31. The zero-order valence-electron chi connectivity index (χ0n) is 9.57. The molecule has 1 aromatic rings. The van der Waals surface area contributed by atoms with Crippen molar-refractivity contribution >= 4 is 0 Å². The average molecular weight is 222 g/mol. The van der Waals surface area contributed by atoms with Crippen molar-refractivity contribution in [2.75, 3.05) is 27.9 Å². The van der Waals surface area contributed by atoms with Crippen molar-refractivity contribution in [3.8, 4) is 35.3 Å². The van der Waals surface area contributed by atoms with Gasteiger partial charge in [0.1, 0.15) is 6.61 Å². The Morgan fingerprint density at radius 1 is 1.00 bits per heavy atom. The molecule has 0 saturated heterocycles. The van der Waals surface area contributed by atoms with Crippen LogP contribution in [-0.4, -0.2) is 27.9 Å². The smallest absolute Gasteiger partial charge is 0.207 e. The lowest BCUT2D eigenvalue weighted by Crippen LogP contribution is -2.00. The van der Waals surface area contributed by atoms with Gasteiger partial charge in [-0.1, -0.05) is 5.92 Å². The van der Waals surface area contributed by atoms with E-state index in [1.807, 2.05) is 0 Å². The second kappa shape index (κ2) is 5.76. The summed E-state index contributed by atoms with van der Waals surface area (Å²) in [5, 5.41) is 0. The van der Waals surface area contributed by atoms with Crippen LogP contribution in [0.3, 0.4) is 0 Å². The topological polar surface area (TPSA) is 36.9 Å². The Hall–Kier alpha value is -2.02. The van der Waals surface area contributed by atoms with Crippen molar-refractivity contribution in [2.45, 2.75) is 0 Å². The zero-order chi connectivity index (χ0) is 12.0. The van der Waals surface area contributed by atoms with Crippen molar-refractivity contribution in [2.24, 2.45) is 0 Å². The third-order valence-corrected chi connectivity index (χ3v) is 1.98. The minimum Gasteiger partial charge on any atom is -0.493 e. The minimum absolute atomic E-state index is 0.172. The van der Waals surface area contributed by atoms with Crippen LogP contribution in [0.2, 0.25) is 0 Å². The molecule has 0 aromatic heterocycles. The number of rotatable bonds is 5. The first kappa shape index (κ1) is 12.1. The largest absolute Gasteiger partial charge is 0.493 e. The number of hydrogen-bond acceptors (Lipinski definition) is 4. The molecule has 0 atom stereocenters. The van der Waals surface area contributed by atoms with Crippen molar-refractivity contribution in [1.29, 1.82) is 0 Å². The van der Waals surface area contributed by atoms with E-state index in [2.05, 4.69) is 5.92 Å². The van der Waals surface area contributed by atoms with E-state index in [0.29, 0.717) is 23.0 Å². The van der Waals surface area contributed by atoms with Crippen LogP contribution in [0.5, 0.6) is 23.0 Å². The van der Waals surface area contributed by atoms with Crippen LogP contribution in [-0.2, 0) is 0 Å². The first-order valence-corrected chi connectivity index (χ1v) is 4.63. The number of methoxy groups -OCH3 is 3. The average Bonchev–Trinajstić information content (AvgIpc) is 2.34. The molecule has 0 heterocycles. The molecular formula is C12H14O4. The summed E-state index contributed by atoms with van der Waals surface area (Å²) in [5.74, 6) is 4.44. The lowest BCUT2D eigenvalue weighted by atomic mass is 10.2. The highest BCUT2D eigenvalue weighted by atomic mass is 16.5. The van der Waals surface area contributed by atoms with E-state index in [4.69, 9.17) is 25.4 Å². The van der Waals surface area contributed by atoms with Crippen LogP contribution in [0.4, 0.5) is 0 Å². The van der Waals surface area contributed by atoms with Crippen LogP contribution < -0.4 is 18.9 Å². The molecule has 1 rings (SSSR count). The van der Waals surface area contributed by atoms with Gasteiger partial charge in [-0.3, -0.25) is 0 Å². The van der Waals surface area contributed by atoms with Gasteiger partial charge in [-0.2, -0.15) is 0 Å². The van der Waals surface area contributed by atoms with E-state index in [9.17, 15) is 0 Å². The quantitative estimate of drug-likeness (QED) is 0.711. The number of terminal acetylenes is 1. The molecule has 4 heteroatoms. The van der Waals surface area contributed by atoms with Crippen molar-refractivity contribution in [3.05, 3.63) is 12.1 Å². The van der Waals surface area contributed by atoms with Crippen LogP contribution >= 0.6 is 0 Å². The van der Waals surface area contributed by atoms with Crippen molar-refractivity contribution in [1.82, 2.24) is 0 Å². The summed E-state index contributed by atoms with van der Waals surface area (Å²) in [5.41, 5.74) is 0. The van der Waals surface area contributed by atoms with Crippen LogP contribution in [0.25, 0.3) is 0 Å². The minimum atomic E-state index is 0.172. The van der Waals surface area contributed by atoms with Gasteiger partial charge < -0.3 is 18.9 Å². The first-order chi connectivity index (χ1) is 7.78. The Kier molecular flexibility index (Phi) is 4.34. The van der Waals surface area contributed by atoms with Gasteiger partial charge in [0.05, 0.1) is 21.3 Å². The summed E-state index contributed by atoms with van der Waals surface area (Å²) in [6, 6.07) is 3.45. The van der Waals surface area contributed by atoms with E-state index >= 15 is 0 Å². The monoisotopic (exact) mass is 222 g/mol. The van der Waals surface area contributed by atoms with Crippen molar-refractivity contribution < 1.29 is 18.9 Å². The van der Waals surface area contributed by atoms with Crippen LogP contribution in [0.15, 0.2) is 12.1 Å². The molecule has 16 heavy (non-hydrogen) atoms. The zero-order valence-corrected chi connectivity index (χ0v) is 9.57. The van der Waals surface area contributed by atoms with Gasteiger partial charge in [0.25, 0.3) is 0 Å². The number of hydrogen-bond donors (Lipinski definition) is 0. The molecule has 0 amide bonds. The molecule has 0 fully saturated rings. The van der Waals surface area contributed by atoms with Gasteiger partial charge in [-0.25, -0.2) is 0 Å². The Morgan fingerprint density at radius 3 is 2.06 bits per heavy atom. The Bertz CT molecular complexity index is 393. The third-order valence-electron chi connectivity index (χ3n) is 1.98. The Morgan fingerprint density at radius 2 is 1.56 bits per heavy atom. The first-order valence-electron chi connectivity index (χ1n) is 4.63. The molecule has 0 N–H and O–H groups in total. The van der Waals surface area contributed by atoms with E-state index in [1.165, 1.54) is 14.2 Å². The van der Waals surface area contributed by atoms with E-state index in [0.717, 1.165) is 0 Å². The van der Waals surface area contributed by atoms with E-state index in [-0.39, 0.29) is 6.61 Å². The molecule has 0 unspecified atom stereocenters. The fourth-order valence-electron chi connectivity index (χ4n) is 1.31.